The van der Waals surface area contributed by atoms with Crippen LogP contribution in [0.1, 0.15) is 16.7 Å². The second-order valence-electron chi connectivity index (χ2n) is 4.81. The zero-order valence-electron chi connectivity index (χ0n) is 10.3. The Morgan fingerprint density at radius 2 is 2.17 bits per heavy atom. The Hall–Kier alpha value is -1.87. The van der Waals surface area contributed by atoms with Crippen molar-refractivity contribution in [1.29, 1.82) is 0 Å². The molecule has 18 heavy (non-hydrogen) atoms. The third-order valence-corrected chi connectivity index (χ3v) is 3.51. The van der Waals surface area contributed by atoms with E-state index in [2.05, 4.69) is 22.0 Å². The van der Waals surface area contributed by atoms with Crippen molar-refractivity contribution in [2.45, 2.75) is 19.5 Å². The summed E-state index contributed by atoms with van der Waals surface area (Å²) in [6.07, 6.45) is 4.80. The quantitative estimate of drug-likeness (QED) is 0.817. The van der Waals surface area contributed by atoms with Gasteiger partial charge in [-0.1, -0.05) is 18.2 Å². The zero-order valence-corrected chi connectivity index (χ0v) is 10.3. The van der Waals surface area contributed by atoms with E-state index in [1.807, 2.05) is 30.6 Å². The van der Waals surface area contributed by atoms with Gasteiger partial charge in [-0.15, -0.1) is 0 Å². The highest BCUT2D eigenvalue weighted by Gasteiger charge is 2.17. The van der Waals surface area contributed by atoms with Crippen LogP contribution in [0.3, 0.4) is 0 Å². The first kappa shape index (κ1) is 11.2. The van der Waals surface area contributed by atoms with Crippen LogP contribution in [0.4, 0.5) is 5.69 Å². The zero-order chi connectivity index (χ0) is 12.4. The summed E-state index contributed by atoms with van der Waals surface area (Å²) in [5.41, 5.74) is 10.9. The molecule has 0 saturated carbocycles. The summed E-state index contributed by atoms with van der Waals surface area (Å²) in [5, 5.41) is 0. The molecule has 2 aromatic rings. The van der Waals surface area contributed by atoms with Gasteiger partial charge in [-0.3, -0.25) is 9.88 Å². The molecule has 3 heteroatoms. The molecule has 0 radical (unpaired) electrons. The molecule has 2 heterocycles. The van der Waals surface area contributed by atoms with Gasteiger partial charge in [0.05, 0.1) is 0 Å². The second-order valence-corrected chi connectivity index (χ2v) is 4.81. The molecule has 2 N–H and O–H groups in total. The van der Waals surface area contributed by atoms with Crippen molar-refractivity contribution < 1.29 is 0 Å². The van der Waals surface area contributed by atoms with Crippen LogP contribution in [0.5, 0.6) is 0 Å². The minimum atomic E-state index is 0.938. The number of nitrogens with two attached hydrogens (primary N) is 1. The number of rotatable bonds is 2. The fourth-order valence-corrected chi connectivity index (χ4v) is 2.58. The fraction of sp³-hybridized carbons (Fsp3) is 0.267. The van der Waals surface area contributed by atoms with Crippen molar-refractivity contribution in [2.75, 3.05) is 12.3 Å². The summed E-state index contributed by atoms with van der Waals surface area (Å²) < 4.78 is 0. The van der Waals surface area contributed by atoms with E-state index in [-0.39, 0.29) is 0 Å². The Morgan fingerprint density at radius 1 is 1.22 bits per heavy atom. The summed E-state index contributed by atoms with van der Waals surface area (Å²) in [7, 11) is 0. The van der Waals surface area contributed by atoms with Crippen molar-refractivity contribution in [3.8, 4) is 0 Å². The van der Waals surface area contributed by atoms with Crippen LogP contribution in [0.25, 0.3) is 0 Å². The highest BCUT2D eigenvalue weighted by Crippen LogP contribution is 2.24. The Kier molecular flexibility index (Phi) is 2.99. The Morgan fingerprint density at radius 3 is 3.00 bits per heavy atom. The van der Waals surface area contributed by atoms with Crippen LogP contribution in [-0.4, -0.2) is 16.4 Å². The summed E-state index contributed by atoms with van der Waals surface area (Å²) >= 11 is 0. The summed E-state index contributed by atoms with van der Waals surface area (Å²) in [6.45, 7) is 3.01. The number of nitrogens with zero attached hydrogens (tertiary/aromatic N) is 2. The molecule has 1 aliphatic rings. The van der Waals surface area contributed by atoms with Crippen molar-refractivity contribution in [3.05, 3.63) is 59.4 Å². The lowest BCUT2D eigenvalue weighted by atomic mass is 9.98. The largest absolute Gasteiger partial charge is 0.398 e. The van der Waals surface area contributed by atoms with E-state index < -0.39 is 0 Å². The maximum Gasteiger partial charge on any atom is 0.0350 e. The lowest BCUT2D eigenvalue weighted by Crippen LogP contribution is -2.30. The molecule has 0 spiro atoms. The molecule has 1 aromatic heterocycles. The fourth-order valence-electron chi connectivity index (χ4n) is 2.58. The Bertz CT molecular complexity index is 537. The topological polar surface area (TPSA) is 42.1 Å². The van der Waals surface area contributed by atoms with Crippen LogP contribution >= 0.6 is 0 Å². The molecular formula is C15H17N3. The maximum atomic E-state index is 6.01. The Labute approximate surface area is 107 Å². The van der Waals surface area contributed by atoms with Crippen molar-refractivity contribution in [1.82, 2.24) is 9.88 Å². The first-order chi connectivity index (χ1) is 8.83. The van der Waals surface area contributed by atoms with Crippen LogP contribution in [0.15, 0.2) is 42.7 Å². The molecule has 0 atom stereocenters. The molecule has 3 nitrogen and oxygen atoms in total. The minimum absolute atomic E-state index is 0.938. The van der Waals surface area contributed by atoms with Gasteiger partial charge in [-0.05, 0) is 35.2 Å². The van der Waals surface area contributed by atoms with Gasteiger partial charge in [-0.25, -0.2) is 0 Å². The van der Waals surface area contributed by atoms with Gasteiger partial charge in [-0.2, -0.15) is 0 Å². The van der Waals surface area contributed by atoms with Gasteiger partial charge in [0.25, 0.3) is 0 Å². The minimum Gasteiger partial charge on any atom is -0.398 e. The van der Waals surface area contributed by atoms with E-state index in [1.54, 1.807) is 0 Å². The standard InChI is InChI=1S/C15H17N3/c16-15-5-1-4-13-11-18(8-6-14(13)15)10-12-3-2-7-17-9-12/h1-5,7,9H,6,8,10-11,16H2. The van der Waals surface area contributed by atoms with E-state index >= 15 is 0 Å². The normalized spacial score (nSPS) is 15.3. The van der Waals surface area contributed by atoms with Gasteiger partial charge in [0, 0.05) is 37.7 Å². The molecule has 0 unspecified atom stereocenters. The summed E-state index contributed by atoms with van der Waals surface area (Å²) in [4.78, 5) is 6.61. The number of aromatic nitrogens is 1. The monoisotopic (exact) mass is 239 g/mol. The number of nitrogen functional groups attached to an aromatic ring is 1. The van der Waals surface area contributed by atoms with E-state index in [9.17, 15) is 0 Å². The van der Waals surface area contributed by atoms with Crippen molar-refractivity contribution in [2.24, 2.45) is 0 Å². The number of pyridine rings is 1. The number of anilines is 1. The van der Waals surface area contributed by atoms with Gasteiger partial charge in [0.15, 0.2) is 0 Å². The van der Waals surface area contributed by atoms with Crippen molar-refractivity contribution in [3.63, 3.8) is 0 Å². The van der Waals surface area contributed by atoms with E-state index in [1.165, 1.54) is 16.7 Å². The van der Waals surface area contributed by atoms with E-state index in [4.69, 9.17) is 5.73 Å². The highest BCUT2D eigenvalue weighted by atomic mass is 15.1. The smallest absolute Gasteiger partial charge is 0.0350 e. The Balaban J connectivity index is 1.76. The van der Waals surface area contributed by atoms with E-state index in [0.29, 0.717) is 0 Å². The predicted molar refractivity (Wildman–Crippen MR) is 72.9 cm³/mol. The molecule has 92 valence electrons. The predicted octanol–water partition coefficient (Wildman–Crippen LogP) is 2.22. The molecule has 0 saturated heterocycles. The van der Waals surface area contributed by atoms with E-state index in [0.717, 1.165) is 31.7 Å². The molecule has 0 fully saturated rings. The first-order valence-corrected chi connectivity index (χ1v) is 6.30. The molecule has 3 rings (SSSR count). The van der Waals surface area contributed by atoms with Gasteiger partial charge in [0.1, 0.15) is 0 Å². The summed E-state index contributed by atoms with van der Waals surface area (Å²) in [6, 6.07) is 10.3. The lowest BCUT2D eigenvalue weighted by molar-refractivity contribution is 0.245. The van der Waals surface area contributed by atoms with Gasteiger partial charge < -0.3 is 5.73 Å². The van der Waals surface area contributed by atoms with Crippen LogP contribution in [-0.2, 0) is 19.5 Å². The van der Waals surface area contributed by atoms with Gasteiger partial charge in [0.2, 0.25) is 0 Å². The number of benzene rings is 1. The molecule has 0 aliphatic carbocycles. The lowest BCUT2D eigenvalue weighted by Gasteiger charge is -2.29. The number of hydrogen-bond acceptors (Lipinski definition) is 3. The molecule has 0 bridgehead atoms. The third-order valence-electron chi connectivity index (χ3n) is 3.51. The molecule has 1 aromatic carbocycles. The average Bonchev–Trinajstić information content (AvgIpc) is 2.40. The van der Waals surface area contributed by atoms with Crippen molar-refractivity contribution >= 4 is 5.69 Å². The SMILES string of the molecule is Nc1cccc2c1CCN(Cc1cccnc1)C2. The van der Waals surface area contributed by atoms with Crippen LogP contribution in [0, 0.1) is 0 Å². The summed E-state index contributed by atoms with van der Waals surface area (Å²) in [5.74, 6) is 0. The maximum absolute atomic E-state index is 6.01. The molecule has 1 aliphatic heterocycles. The highest BCUT2D eigenvalue weighted by molar-refractivity contribution is 5.51. The number of hydrogen-bond donors (Lipinski definition) is 1. The molecule has 0 amide bonds. The third kappa shape index (κ3) is 2.22. The average molecular weight is 239 g/mol. The number of fused-ring (bicyclic) bond motifs is 1. The second kappa shape index (κ2) is 4.78. The van der Waals surface area contributed by atoms with Crippen LogP contribution < -0.4 is 5.73 Å². The first-order valence-electron chi connectivity index (χ1n) is 6.30. The van der Waals surface area contributed by atoms with Crippen LogP contribution in [0.2, 0.25) is 0 Å². The molecular weight excluding hydrogens is 222 g/mol. The van der Waals surface area contributed by atoms with Gasteiger partial charge >= 0.3 is 0 Å².